The third-order valence-electron chi connectivity index (χ3n) is 1.82. The molecule has 7 nitrogen and oxygen atoms in total. The van der Waals surface area contributed by atoms with Gasteiger partial charge in [-0.05, 0) is 6.92 Å². The van der Waals surface area contributed by atoms with Gasteiger partial charge in [0.1, 0.15) is 0 Å². The average molecular weight is 272 g/mol. The Labute approximate surface area is 98.5 Å². The molecule has 0 aliphatic rings. The molecule has 0 amide bonds. The summed E-state index contributed by atoms with van der Waals surface area (Å²) in [4.78, 5) is 0. The Morgan fingerprint density at radius 2 is 1.06 bits per heavy atom. The van der Waals surface area contributed by atoms with E-state index in [9.17, 15) is 0 Å². The quantitative estimate of drug-likeness (QED) is 0.553. The van der Waals surface area contributed by atoms with Gasteiger partial charge >= 0.3 is 18.1 Å². The molecule has 16 heavy (non-hydrogen) atoms. The molecule has 0 aromatic rings. The van der Waals surface area contributed by atoms with E-state index < -0.39 is 18.1 Å². The second kappa shape index (κ2) is 7.47. The van der Waals surface area contributed by atoms with Crippen molar-refractivity contribution in [3.05, 3.63) is 0 Å². The fourth-order valence-electron chi connectivity index (χ4n) is 1.02. The lowest BCUT2D eigenvalue weighted by molar-refractivity contribution is -0.0321. The summed E-state index contributed by atoms with van der Waals surface area (Å²) in [6.45, 7) is 2.19. The van der Waals surface area contributed by atoms with Gasteiger partial charge in [-0.15, -0.1) is 0 Å². The molecule has 0 bridgehead atoms. The van der Waals surface area contributed by atoms with Crippen LogP contribution in [-0.2, 0) is 30.7 Å². The van der Waals surface area contributed by atoms with Gasteiger partial charge in [0.05, 0.1) is 0 Å². The van der Waals surface area contributed by atoms with E-state index in [0.717, 1.165) is 0 Å². The minimum absolute atomic E-state index is 0.384. The molecule has 0 aliphatic heterocycles. The van der Waals surface area contributed by atoms with Crippen LogP contribution in [0.5, 0.6) is 0 Å². The van der Waals surface area contributed by atoms with Crippen LogP contribution in [0.25, 0.3) is 0 Å². The average Bonchev–Trinajstić information content (AvgIpc) is 2.35. The van der Waals surface area contributed by atoms with Crippen molar-refractivity contribution in [1.29, 1.82) is 0 Å². The van der Waals surface area contributed by atoms with Gasteiger partial charge in [0.15, 0.2) is 0 Å². The minimum atomic E-state index is -3.26. The summed E-state index contributed by atoms with van der Waals surface area (Å²) in [6, 6.07) is 0. The van der Waals surface area contributed by atoms with E-state index in [0.29, 0.717) is 6.61 Å². The Balaban J connectivity index is 4.81. The van der Waals surface area contributed by atoms with E-state index >= 15 is 0 Å². The highest BCUT2D eigenvalue weighted by Crippen LogP contribution is 2.18. The van der Waals surface area contributed by atoms with Crippen LogP contribution in [0.15, 0.2) is 0 Å². The van der Waals surface area contributed by atoms with E-state index in [2.05, 4.69) is 0 Å². The van der Waals surface area contributed by atoms with Crippen LogP contribution in [0.3, 0.4) is 0 Å². The lowest BCUT2D eigenvalue weighted by Crippen LogP contribution is -2.60. The topological polar surface area (TPSA) is 64.6 Å². The van der Waals surface area contributed by atoms with Crippen molar-refractivity contribution in [1.82, 2.24) is 0 Å². The van der Waals surface area contributed by atoms with Crippen LogP contribution < -0.4 is 0 Å². The van der Waals surface area contributed by atoms with Gasteiger partial charge in [0.25, 0.3) is 0 Å². The maximum atomic E-state index is 5.56. The molecule has 0 fully saturated rings. The van der Waals surface area contributed by atoms with Crippen molar-refractivity contribution in [3.8, 4) is 0 Å². The second-order valence-corrected chi connectivity index (χ2v) is 7.70. The first kappa shape index (κ1) is 16.2. The Bertz CT molecular complexity index is 175. The number of rotatable bonds is 9. The molecule has 0 radical (unpaired) electrons. The molecule has 0 heterocycles. The van der Waals surface area contributed by atoms with E-state index in [4.69, 9.17) is 30.7 Å². The second-order valence-electron chi connectivity index (χ2n) is 2.56. The van der Waals surface area contributed by atoms with E-state index in [1.165, 1.54) is 35.5 Å². The maximum Gasteiger partial charge on any atom is 0.673 e. The predicted molar refractivity (Wildman–Crippen MR) is 59.3 cm³/mol. The van der Waals surface area contributed by atoms with Gasteiger partial charge < -0.3 is 30.7 Å². The van der Waals surface area contributed by atoms with E-state index in [-0.39, 0.29) is 0 Å². The first-order valence-corrected chi connectivity index (χ1v) is 7.94. The molecule has 0 spiro atoms. The highest BCUT2D eigenvalue weighted by Gasteiger charge is 2.57. The fraction of sp³-hybridized carbons (Fsp3) is 1.00. The first-order valence-electron chi connectivity index (χ1n) is 4.67. The monoisotopic (exact) mass is 272 g/mol. The largest absolute Gasteiger partial charge is 0.673 e. The lowest BCUT2D eigenvalue weighted by Gasteiger charge is -2.31. The summed E-state index contributed by atoms with van der Waals surface area (Å²) in [7, 11) is 0.650. The molecule has 0 N–H and O–H groups in total. The first-order chi connectivity index (χ1) is 7.57. The molecule has 0 rings (SSSR count). The van der Waals surface area contributed by atoms with Crippen LogP contribution in [0.1, 0.15) is 6.92 Å². The molecule has 9 heteroatoms. The SMILES string of the molecule is CCO[Si](OC)(OC)O[Si](OC)(OC)OC. The summed E-state index contributed by atoms with van der Waals surface area (Å²) in [6.07, 6.45) is 0. The van der Waals surface area contributed by atoms with Crippen LogP contribution in [0.4, 0.5) is 0 Å². The van der Waals surface area contributed by atoms with Gasteiger partial charge in [-0.3, -0.25) is 0 Å². The Hall–Kier alpha value is 0.154. The van der Waals surface area contributed by atoms with Crippen LogP contribution in [0.2, 0.25) is 0 Å². The van der Waals surface area contributed by atoms with Crippen LogP contribution in [-0.4, -0.2) is 60.3 Å². The minimum Gasteiger partial charge on any atom is -0.355 e. The maximum absolute atomic E-state index is 5.56. The molecule has 0 saturated carbocycles. The normalized spacial score (nSPS) is 13.1. The van der Waals surface area contributed by atoms with E-state index in [1.54, 1.807) is 6.92 Å². The fourth-order valence-corrected chi connectivity index (χ4v) is 5.40. The van der Waals surface area contributed by atoms with E-state index in [1.807, 2.05) is 0 Å². The molecule has 0 aliphatic carbocycles. The zero-order valence-corrected chi connectivity index (χ0v) is 12.6. The van der Waals surface area contributed by atoms with Crippen molar-refractivity contribution >= 4 is 18.1 Å². The third kappa shape index (κ3) is 3.87. The summed E-state index contributed by atoms with van der Waals surface area (Å²) in [5.41, 5.74) is 0. The Morgan fingerprint density at radius 3 is 1.31 bits per heavy atom. The van der Waals surface area contributed by atoms with Gasteiger partial charge in [-0.1, -0.05) is 0 Å². The summed E-state index contributed by atoms with van der Waals surface area (Å²) < 4.78 is 36.5. The van der Waals surface area contributed by atoms with Crippen molar-refractivity contribution in [2.24, 2.45) is 0 Å². The molecule has 98 valence electrons. The van der Waals surface area contributed by atoms with Gasteiger partial charge in [-0.25, -0.2) is 0 Å². The molecule has 0 aromatic heterocycles. The summed E-state index contributed by atoms with van der Waals surface area (Å²) >= 11 is 0. The zero-order valence-electron chi connectivity index (χ0n) is 10.6. The van der Waals surface area contributed by atoms with Crippen LogP contribution >= 0.6 is 0 Å². The van der Waals surface area contributed by atoms with Gasteiger partial charge in [0.2, 0.25) is 0 Å². The Kier molecular flexibility index (Phi) is 7.55. The van der Waals surface area contributed by atoms with Gasteiger partial charge in [0, 0.05) is 42.2 Å². The zero-order chi connectivity index (χ0) is 12.7. The molecular weight excluding hydrogens is 252 g/mol. The highest BCUT2D eigenvalue weighted by atomic mass is 28.5. The number of hydrogen-bond donors (Lipinski definition) is 0. The predicted octanol–water partition coefficient (Wildman–Crippen LogP) is 0.143. The standard InChI is InChI=1S/C7H20O7Si2/c1-7-13-16(11-5,12-6)14-15(8-2,9-3)10-4/h7H2,1-6H3. The van der Waals surface area contributed by atoms with Crippen molar-refractivity contribution in [2.75, 3.05) is 42.2 Å². The molecule has 0 atom stereocenters. The molecule has 0 aromatic carbocycles. The molecular formula is C7H20O7Si2. The summed E-state index contributed by atoms with van der Waals surface area (Å²) in [5, 5.41) is 0. The summed E-state index contributed by atoms with van der Waals surface area (Å²) in [5.74, 6) is 0. The van der Waals surface area contributed by atoms with Gasteiger partial charge in [-0.2, -0.15) is 0 Å². The lowest BCUT2D eigenvalue weighted by atomic mass is 10.9. The Morgan fingerprint density at radius 1 is 0.688 bits per heavy atom. The third-order valence-corrected chi connectivity index (χ3v) is 6.96. The van der Waals surface area contributed by atoms with Crippen LogP contribution in [0, 0.1) is 0 Å². The smallest absolute Gasteiger partial charge is 0.355 e. The molecule has 0 unspecified atom stereocenters. The number of hydrogen-bond acceptors (Lipinski definition) is 7. The molecule has 0 saturated heterocycles. The van der Waals surface area contributed by atoms with Crippen molar-refractivity contribution < 1.29 is 30.7 Å². The van der Waals surface area contributed by atoms with Crippen molar-refractivity contribution in [3.63, 3.8) is 0 Å². The van der Waals surface area contributed by atoms with Crippen molar-refractivity contribution in [2.45, 2.75) is 6.92 Å². The highest BCUT2D eigenvalue weighted by molar-refractivity contribution is 6.68.